The lowest BCUT2D eigenvalue weighted by atomic mass is 10.1. The molecule has 114 valence electrons. The van der Waals surface area contributed by atoms with Gasteiger partial charge in [-0.2, -0.15) is 0 Å². The standard InChI is InChI=1S/C13H27N3O2.HI/c1-3-4-5-6-7-8-10-15-13(14)16-11-9-12(17)18-2;/h3-11H2,1-2H3,(H3,14,15,16);1H. The molecular formula is C13H28IN3O2. The Morgan fingerprint density at radius 1 is 1.21 bits per heavy atom. The second-order valence-electron chi connectivity index (χ2n) is 4.29. The Morgan fingerprint density at radius 3 is 2.47 bits per heavy atom. The summed E-state index contributed by atoms with van der Waals surface area (Å²) < 4.78 is 4.52. The minimum atomic E-state index is -0.244. The molecule has 0 atom stereocenters. The SMILES string of the molecule is CCCCCCCCN=C(N)NCCC(=O)OC.I. The van der Waals surface area contributed by atoms with Gasteiger partial charge in [0.15, 0.2) is 5.96 Å². The lowest BCUT2D eigenvalue weighted by Gasteiger charge is -2.04. The molecule has 0 saturated heterocycles. The minimum absolute atomic E-state index is 0. The molecule has 0 amide bonds. The van der Waals surface area contributed by atoms with Crippen LogP contribution in [0.15, 0.2) is 4.99 Å². The number of rotatable bonds is 10. The monoisotopic (exact) mass is 385 g/mol. The highest BCUT2D eigenvalue weighted by Crippen LogP contribution is 2.04. The van der Waals surface area contributed by atoms with Crippen molar-refractivity contribution < 1.29 is 9.53 Å². The third kappa shape index (κ3) is 15.4. The molecule has 0 aliphatic heterocycles. The van der Waals surface area contributed by atoms with Crippen molar-refractivity contribution in [3.8, 4) is 0 Å². The molecule has 0 rings (SSSR count). The summed E-state index contributed by atoms with van der Waals surface area (Å²) in [5, 5.41) is 2.89. The van der Waals surface area contributed by atoms with Crippen molar-refractivity contribution >= 4 is 35.9 Å². The van der Waals surface area contributed by atoms with E-state index in [4.69, 9.17) is 5.73 Å². The summed E-state index contributed by atoms with van der Waals surface area (Å²) in [6.45, 7) is 3.44. The summed E-state index contributed by atoms with van der Waals surface area (Å²) in [5.74, 6) is 0.165. The molecule has 0 aromatic heterocycles. The van der Waals surface area contributed by atoms with Crippen LogP contribution in [0.4, 0.5) is 0 Å². The van der Waals surface area contributed by atoms with Crippen LogP contribution in [-0.4, -0.2) is 32.1 Å². The highest BCUT2D eigenvalue weighted by atomic mass is 127. The van der Waals surface area contributed by atoms with Gasteiger partial charge < -0.3 is 15.8 Å². The molecular weight excluding hydrogens is 357 g/mol. The molecule has 3 N–H and O–H groups in total. The molecule has 0 aromatic rings. The Hall–Kier alpha value is -0.530. The van der Waals surface area contributed by atoms with E-state index in [9.17, 15) is 4.79 Å². The molecule has 5 nitrogen and oxygen atoms in total. The number of hydrogen-bond donors (Lipinski definition) is 2. The second kappa shape index (κ2) is 15.5. The van der Waals surface area contributed by atoms with Crippen LogP contribution in [0.2, 0.25) is 0 Å². The van der Waals surface area contributed by atoms with Crippen molar-refractivity contribution in [3.63, 3.8) is 0 Å². The topological polar surface area (TPSA) is 76.7 Å². The maximum atomic E-state index is 10.8. The zero-order chi connectivity index (χ0) is 13.6. The summed E-state index contributed by atoms with van der Waals surface area (Å²) in [4.78, 5) is 15.0. The highest BCUT2D eigenvalue weighted by molar-refractivity contribution is 14.0. The third-order valence-corrected chi connectivity index (χ3v) is 2.66. The van der Waals surface area contributed by atoms with E-state index in [0.717, 1.165) is 13.0 Å². The summed E-state index contributed by atoms with van der Waals surface area (Å²) in [7, 11) is 1.37. The van der Waals surface area contributed by atoms with E-state index >= 15 is 0 Å². The van der Waals surface area contributed by atoms with Crippen molar-refractivity contribution in [1.29, 1.82) is 0 Å². The number of ether oxygens (including phenoxy) is 1. The smallest absolute Gasteiger partial charge is 0.307 e. The number of carbonyl (C=O) groups excluding carboxylic acids is 1. The van der Waals surface area contributed by atoms with Gasteiger partial charge in [0, 0.05) is 13.1 Å². The number of unbranched alkanes of at least 4 members (excludes halogenated alkanes) is 5. The first-order valence-electron chi connectivity index (χ1n) is 6.81. The number of carbonyl (C=O) groups is 1. The van der Waals surface area contributed by atoms with E-state index in [1.165, 1.54) is 39.2 Å². The van der Waals surface area contributed by atoms with Crippen LogP contribution >= 0.6 is 24.0 Å². The summed E-state index contributed by atoms with van der Waals surface area (Å²) >= 11 is 0. The predicted octanol–water partition coefficient (Wildman–Crippen LogP) is 2.43. The molecule has 6 heteroatoms. The number of nitrogens with one attached hydrogen (secondary N) is 1. The van der Waals surface area contributed by atoms with Gasteiger partial charge in [-0.05, 0) is 6.42 Å². The number of aliphatic imine (C=N–C) groups is 1. The predicted molar refractivity (Wildman–Crippen MR) is 89.9 cm³/mol. The van der Waals surface area contributed by atoms with Gasteiger partial charge in [-0.1, -0.05) is 39.0 Å². The van der Waals surface area contributed by atoms with E-state index in [1.807, 2.05) is 0 Å². The number of halogens is 1. The molecule has 19 heavy (non-hydrogen) atoms. The number of nitrogens with two attached hydrogens (primary N) is 1. The van der Waals surface area contributed by atoms with Crippen LogP contribution in [0, 0.1) is 0 Å². The molecule has 0 radical (unpaired) electrons. The summed E-state index contributed by atoms with van der Waals surface area (Å²) in [6.07, 6.45) is 7.77. The molecule has 0 aliphatic carbocycles. The Kier molecular flexibility index (Phi) is 17.0. The van der Waals surface area contributed by atoms with Crippen molar-refractivity contribution in [2.24, 2.45) is 10.7 Å². The molecule has 0 heterocycles. The molecule has 0 aromatic carbocycles. The van der Waals surface area contributed by atoms with Gasteiger partial charge in [0.2, 0.25) is 0 Å². The van der Waals surface area contributed by atoms with Gasteiger partial charge in [0.25, 0.3) is 0 Å². The van der Waals surface area contributed by atoms with E-state index < -0.39 is 0 Å². The fourth-order valence-corrected chi connectivity index (χ4v) is 1.54. The lowest BCUT2D eigenvalue weighted by Crippen LogP contribution is -2.33. The van der Waals surface area contributed by atoms with E-state index in [2.05, 4.69) is 22.0 Å². The second-order valence-corrected chi connectivity index (χ2v) is 4.29. The number of nitrogens with zero attached hydrogens (tertiary/aromatic N) is 1. The number of guanidine groups is 1. The Labute approximate surface area is 133 Å². The average Bonchev–Trinajstić information content (AvgIpc) is 2.37. The number of methoxy groups -OCH3 is 1. The van der Waals surface area contributed by atoms with Crippen molar-refractivity contribution in [3.05, 3.63) is 0 Å². The van der Waals surface area contributed by atoms with E-state index in [-0.39, 0.29) is 29.9 Å². The van der Waals surface area contributed by atoms with Gasteiger partial charge in [0.05, 0.1) is 13.5 Å². The third-order valence-electron chi connectivity index (χ3n) is 2.66. The largest absolute Gasteiger partial charge is 0.469 e. The fraction of sp³-hybridized carbons (Fsp3) is 0.846. The van der Waals surface area contributed by atoms with Gasteiger partial charge in [-0.15, -0.1) is 24.0 Å². The van der Waals surface area contributed by atoms with Crippen LogP contribution in [0.25, 0.3) is 0 Å². The van der Waals surface area contributed by atoms with Gasteiger partial charge in [0.1, 0.15) is 0 Å². The molecule has 0 fully saturated rings. The van der Waals surface area contributed by atoms with E-state index in [1.54, 1.807) is 0 Å². The normalized spacial score (nSPS) is 10.7. The van der Waals surface area contributed by atoms with Gasteiger partial charge in [-0.3, -0.25) is 9.79 Å². The maximum Gasteiger partial charge on any atom is 0.307 e. The van der Waals surface area contributed by atoms with Crippen LogP contribution in [0.1, 0.15) is 51.9 Å². The Bertz CT molecular complexity index is 248. The Morgan fingerprint density at radius 2 is 1.84 bits per heavy atom. The van der Waals surface area contributed by atoms with E-state index in [0.29, 0.717) is 18.9 Å². The molecule has 0 saturated carbocycles. The summed E-state index contributed by atoms with van der Waals surface area (Å²) in [6, 6.07) is 0. The quantitative estimate of drug-likeness (QED) is 0.199. The minimum Gasteiger partial charge on any atom is -0.469 e. The van der Waals surface area contributed by atoms with Crippen LogP contribution in [0.3, 0.4) is 0 Å². The fourth-order valence-electron chi connectivity index (χ4n) is 1.54. The van der Waals surface area contributed by atoms with Crippen molar-refractivity contribution in [2.45, 2.75) is 51.9 Å². The molecule has 0 aliphatic rings. The lowest BCUT2D eigenvalue weighted by molar-refractivity contribution is -0.140. The molecule has 0 unspecified atom stereocenters. The highest BCUT2D eigenvalue weighted by Gasteiger charge is 1.99. The van der Waals surface area contributed by atoms with Crippen molar-refractivity contribution in [2.75, 3.05) is 20.2 Å². The molecule has 0 bridgehead atoms. The first-order valence-corrected chi connectivity index (χ1v) is 6.81. The zero-order valence-electron chi connectivity index (χ0n) is 12.1. The van der Waals surface area contributed by atoms with Gasteiger partial charge >= 0.3 is 5.97 Å². The molecule has 0 spiro atoms. The number of esters is 1. The Balaban J connectivity index is 0. The number of hydrogen-bond acceptors (Lipinski definition) is 3. The van der Waals surface area contributed by atoms with Crippen LogP contribution in [0.5, 0.6) is 0 Å². The average molecular weight is 385 g/mol. The summed E-state index contributed by atoms with van der Waals surface area (Å²) in [5.41, 5.74) is 5.65. The first kappa shape index (κ1) is 20.8. The van der Waals surface area contributed by atoms with Crippen LogP contribution in [-0.2, 0) is 9.53 Å². The van der Waals surface area contributed by atoms with Gasteiger partial charge in [-0.25, -0.2) is 0 Å². The first-order chi connectivity index (χ1) is 8.70. The van der Waals surface area contributed by atoms with Crippen molar-refractivity contribution in [1.82, 2.24) is 5.32 Å². The zero-order valence-corrected chi connectivity index (χ0v) is 14.4. The van der Waals surface area contributed by atoms with Crippen LogP contribution < -0.4 is 11.1 Å². The maximum absolute atomic E-state index is 10.8.